The van der Waals surface area contributed by atoms with E-state index in [0.717, 1.165) is 12.0 Å². The number of rotatable bonds is 17. The molecular weight excluding hydrogens is 1090 g/mol. The normalized spacial score (nSPS) is 49.8. The van der Waals surface area contributed by atoms with Gasteiger partial charge in [-0.3, -0.25) is 4.79 Å². The SMILES string of the molecule is CO[C@H]1[C@@H](O)[C@H](O[C@@H]2[C@@H](C)O[C@@H](O[C@H]3[C@@H](OC)C[C@H](O[C@H]4CC[C@@]5(C)[C@@H](CC[C@H]6[C@@H]5[C@H](OC(=O)C=Cc5ccccc5)[C@@H](OC(C)=O)[C@]57CO[C@](C)(OC)[C@H]5CC[C@]67O)C4)O[C@@H]3C)C[C@H]2OC)O[C@H](C)[C@H]1O[C@@H]1O[C@H](CO)[C@@H](O)[C@H](O)[C@H]1O. The molecule has 23 nitrogen and oxygen atoms in total. The second-order valence-corrected chi connectivity index (χ2v) is 25.1. The Morgan fingerprint density at radius 3 is 1.95 bits per heavy atom. The standard InChI is InChI=1S/C60H90O23/c1-29-49(81-43-26-38(70-8)50(30(2)75-43)82-56-48(67)53(71-9)51(31(3)76-56)83-55-47(66)46(65)45(64)39(27-61)79-55)37(69-7)25-42(74-29)78-35-20-22-57(5)34(24-35)17-18-36-44(57)52(80-41(63)19-16-33-14-12-11-13-15-33)54(77-32(4)62)59-28-73-58(6,72-10)40(59)21-23-60(36,59)68/h11-16,19,29-31,34-40,42-56,61,64-68H,17-18,20-28H2,1-10H3/t29-,30-,31-,34+,35+,36+,37+,38-,39-,40-,42+,43+,44-,45-,46+,47-,48-,49-,50-,51-,52+,53+,54-,55+,56+,57+,58+,59+,60+/m1/s1. The summed E-state index contributed by atoms with van der Waals surface area (Å²) in [5.41, 5.74) is -2.04. The predicted octanol–water partition coefficient (Wildman–Crippen LogP) is 2.67. The van der Waals surface area contributed by atoms with Gasteiger partial charge in [-0.25, -0.2) is 4.79 Å². The second kappa shape index (κ2) is 25.3. The van der Waals surface area contributed by atoms with Gasteiger partial charge in [-0.1, -0.05) is 37.3 Å². The van der Waals surface area contributed by atoms with Crippen LogP contribution in [-0.2, 0) is 80.6 Å². The van der Waals surface area contributed by atoms with Crippen LogP contribution in [0.3, 0.4) is 0 Å². The molecule has 4 aliphatic carbocycles. The molecule has 5 saturated heterocycles. The van der Waals surface area contributed by atoms with Crippen LogP contribution < -0.4 is 0 Å². The summed E-state index contributed by atoms with van der Waals surface area (Å²) in [6.07, 6.45) is -12.0. The maximum Gasteiger partial charge on any atom is 0.331 e. The van der Waals surface area contributed by atoms with Crippen LogP contribution in [0.1, 0.15) is 105 Å². The molecule has 1 aromatic carbocycles. The number of benzene rings is 1. The monoisotopic (exact) mass is 1180 g/mol. The van der Waals surface area contributed by atoms with Gasteiger partial charge in [0.05, 0.1) is 60.9 Å². The zero-order valence-corrected chi connectivity index (χ0v) is 49.4. The van der Waals surface area contributed by atoms with Gasteiger partial charge in [0, 0.05) is 66.1 Å². The van der Waals surface area contributed by atoms with Gasteiger partial charge in [-0.05, 0) is 102 Å². The van der Waals surface area contributed by atoms with E-state index in [1.807, 2.05) is 44.2 Å². The molecule has 9 aliphatic rings. The molecule has 10 rings (SSSR count). The Morgan fingerprint density at radius 1 is 0.675 bits per heavy atom. The van der Waals surface area contributed by atoms with Crippen LogP contribution in [0.25, 0.3) is 6.08 Å². The average molecular weight is 1180 g/mol. The van der Waals surface area contributed by atoms with E-state index in [9.17, 15) is 40.2 Å². The maximum atomic E-state index is 14.2. The molecule has 29 atom stereocenters. The first kappa shape index (κ1) is 63.2. The van der Waals surface area contributed by atoms with Crippen LogP contribution in [0.4, 0.5) is 0 Å². The topological polar surface area (TPSA) is 294 Å². The summed E-state index contributed by atoms with van der Waals surface area (Å²) >= 11 is 0. The van der Waals surface area contributed by atoms with Gasteiger partial charge in [-0.15, -0.1) is 0 Å². The Kier molecular flexibility index (Phi) is 19.3. The average Bonchev–Trinajstić information content (AvgIpc) is 2.53. The van der Waals surface area contributed by atoms with Crippen LogP contribution in [0.15, 0.2) is 36.4 Å². The first-order chi connectivity index (χ1) is 39.6. The third-order valence-electron chi connectivity index (χ3n) is 20.9. The van der Waals surface area contributed by atoms with Crippen LogP contribution >= 0.6 is 0 Å². The van der Waals surface area contributed by atoms with Crippen LogP contribution in [0, 0.1) is 34.5 Å². The minimum absolute atomic E-state index is 0.0767. The van der Waals surface area contributed by atoms with Crippen molar-refractivity contribution in [2.75, 3.05) is 41.7 Å². The molecular formula is C60H90O23. The van der Waals surface area contributed by atoms with Gasteiger partial charge in [0.1, 0.15) is 67.1 Å². The first-order valence-electron chi connectivity index (χ1n) is 29.8. The highest BCUT2D eigenvalue weighted by molar-refractivity contribution is 5.87. The van der Waals surface area contributed by atoms with Crippen molar-refractivity contribution >= 4 is 18.0 Å². The Labute approximate surface area is 485 Å². The number of fused-ring (bicyclic) bond motifs is 4. The fraction of sp³-hybridized carbons (Fsp3) is 0.833. The number of methoxy groups -OCH3 is 4. The summed E-state index contributed by atoms with van der Waals surface area (Å²) < 4.78 is 94.1. The molecule has 4 saturated carbocycles. The molecule has 0 bridgehead atoms. The Bertz CT molecular complexity index is 2380. The molecule has 9 fully saturated rings. The predicted molar refractivity (Wildman–Crippen MR) is 288 cm³/mol. The lowest BCUT2D eigenvalue weighted by molar-refractivity contribution is -0.373. The van der Waals surface area contributed by atoms with E-state index < -0.39 is 164 Å². The van der Waals surface area contributed by atoms with Crippen molar-refractivity contribution in [3.05, 3.63) is 42.0 Å². The molecule has 5 aliphatic heterocycles. The van der Waals surface area contributed by atoms with Gasteiger partial charge >= 0.3 is 11.9 Å². The number of ether oxygens (including phenoxy) is 15. The minimum atomic E-state index is -1.68. The Hall–Kier alpha value is -2.86. The van der Waals surface area contributed by atoms with Crippen LogP contribution in [0.5, 0.6) is 0 Å². The quantitative estimate of drug-likeness (QED) is 0.0742. The van der Waals surface area contributed by atoms with E-state index in [1.165, 1.54) is 20.1 Å². The highest BCUT2D eigenvalue weighted by atomic mass is 16.8. The minimum Gasteiger partial charge on any atom is -0.458 e. The molecule has 0 radical (unpaired) electrons. The number of carbonyl (C=O) groups excluding carboxylic acids is 2. The molecule has 1 aromatic rings. The molecule has 0 amide bonds. The molecule has 468 valence electrons. The van der Waals surface area contributed by atoms with Crippen molar-refractivity contribution < 1.29 is 111 Å². The number of aliphatic hydroxyl groups excluding tert-OH is 5. The molecule has 23 heteroatoms. The summed E-state index contributed by atoms with van der Waals surface area (Å²) in [4.78, 5) is 27.5. The first-order valence-corrected chi connectivity index (χ1v) is 29.8. The highest BCUT2D eigenvalue weighted by Crippen LogP contribution is 2.73. The zero-order valence-electron chi connectivity index (χ0n) is 49.4. The fourth-order valence-corrected chi connectivity index (χ4v) is 16.6. The summed E-state index contributed by atoms with van der Waals surface area (Å²) in [7, 11) is 6.13. The highest BCUT2D eigenvalue weighted by Gasteiger charge is 2.81. The van der Waals surface area contributed by atoms with Crippen molar-refractivity contribution in [3.8, 4) is 0 Å². The van der Waals surface area contributed by atoms with E-state index in [4.69, 9.17) is 71.1 Å². The summed E-state index contributed by atoms with van der Waals surface area (Å²) in [5.74, 6) is -3.08. The van der Waals surface area contributed by atoms with Crippen LogP contribution in [-0.4, -0.2) is 225 Å². The third kappa shape index (κ3) is 11.5. The van der Waals surface area contributed by atoms with Crippen molar-refractivity contribution in [1.82, 2.24) is 0 Å². The molecule has 6 N–H and O–H groups in total. The van der Waals surface area contributed by atoms with Crippen molar-refractivity contribution in [2.24, 2.45) is 34.5 Å². The second-order valence-electron chi connectivity index (χ2n) is 25.1. The van der Waals surface area contributed by atoms with Gasteiger partial charge < -0.3 is 102 Å². The van der Waals surface area contributed by atoms with Gasteiger partial charge in [0.2, 0.25) is 0 Å². The molecule has 0 aromatic heterocycles. The van der Waals surface area contributed by atoms with E-state index in [1.54, 1.807) is 41.3 Å². The summed E-state index contributed by atoms with van der Waals surface area (Å²) in [5, 5.41) is 66.0. The lowest BCUT2D eigenvalue weighted by Crippen LogP contribution is -2.74. The number of aliphatic hydroxyl groups is 6. The van der Waals surface area contributed by atoms with Crippen molar-refractivity contribution in [1.29, 1.82) is 0 Å². The zero-order chi connectivity index (χ0) is 59.5. The maximum absolute atomic E-state index is 14.2. The smallest absolute Gasteiger partial charge is 0.331 e. The number of hydrogen-bond acceptors (Lipinski definition) is 23. The lowest BCUT2D eigenvalue weighted by Gasteiger charge is -2.66. The number of esters is 2. The third-order valence-corrected chi connectivity index (χ3v) is 20.9. The van der Waals surface area contributed by atoms with Gasteiger partial charge in [-0.2, -0.15) is 0 Å². The van der Waals surface area contributed by atoms with Gasteiger partial charge in [0.15, 0.2) is 30.9 Å². The van der Waals surface area contributed by atoms with Gasteiger partial charge in [0.25, 0.3) is 0 Å². The molecule has 5 heterocycles. The van der Waals surface area contributed by atoms with Crippen molar-refractivity contribution in [3.63, 3.8) is 0 Å². The molecule has 0 unspecified atom stereocenters. The molecule has 83 heavy (non-hydrogen) atoms. The Morgan fingerprint density at radius 2 is 1.31 bits per heavy atom. The number of hydrogen-bond donors (Lipinski definition) is 6. The van der Waals surface area contributed by atoms with Crippen molar-refractivity contribution in [2.45, 2.75) is 240 Å². The largest absolute Gasteiger partial charge is 0.458 e. The van der Waals surface area contributed by atoms with E-state index in [0.29, 0.717) is 44.9 Å². The Balaban J connectivity index is 0.781. The fourth-order valence-electron chi connectivity index (χ4n) is 16.6. The summed E-state index contributed by atoms with van der Waals surface area (Å²) in [6, 6.07) is 9.48. The number of carbonyl (C=O) groups is 2. The van der Waals surface area contributed by atoms with E-state index in [-0.39, 0.29) is 42.8 Å². The lowest BCUT2D eigenvalue weighted by atomic mass is 9.41. The van der Waals surface area contributed by atoms with E-state index in [2.05, 4.69) is 6.92 Å². The summed E-state index contributed by atoms with van der Waals surface area (Å²) in [6.45, 7) is 10.3. The van der Waals surface area contributed by atoms with E-state index >= 15 is 0 Å². The molecule has 1 spiro atoms. The van der Waals surface area contributed by atoms with Crippen LogP contribution in [0.2, 0.25) is 0 Å².